The smallest absolute Gasteiger partial charge is 0.405 e. The third kappa shape index (κ3) is 9.28. The molecular weight excluding hydrogens is 488 g/mol. The van der Waals surface area contributed by atoms with Crippen LogP contribution in [0.5, 0.6) is 5.75 Å². The highest BCUT2D eigenvalue weighted by molar-refractivity contribution is 14.0. The second-order valence-corrected chi connectivity index (χ2v) is 6.48. The van der Waals surface area contributed by atoms with Crippen LogP contribution in [0.2, 0.25) is 0 Å². The first-order valence-electron chi connectivity index (χ1n) is 8.95. The molecule has 10 heteroatoms. The summed E-state index contributed by atoms with van der Waals surface area (Å²) >= 11 is 0. The number of guanidine groups is 1. The molecule has 6 nitrogen and oxygen atoms in total. The zero-order chi connectivity index (χ0) is 19.7. The Morgan fingerprint density at radius 2 is 1.93 bits per heavy atom. The molecule has 0 aliphatic carbocycles. The molecule has 160 valence electrons. The average molecular weight is 516 g/mol. The van der Waals surface area contributed by atoms with Crippen LogP contribution < -0.4 is 15.4 Å². The summed E-state index contributed by atoms with van der Waals surface area (Å²) in [4.78, 5) is 6.48. The molecule has 0 amide bonds. The Balaban J connectivity index is 0.00000392. The molecule has 0 spiro atoms. The van der Waals surface area contributed by atoms with Gasteiger partial charge in [-0.25, -0.2) is 0 Å². The van der Waals surface area contributed by atoms with E-state index in [2.05, 4.69) is 32.2 Å². The van der Waals surface area contributed by atoms with E-state index in [9.17, 15) is 13.2 Å². The summed E-state index contributed by atoms with van der Waals surface area (Å²) in [6.45, 7) is 7.38. The standard InChI is InChI=1S/C18H27F3N4O2.HI/c1-14(13-25-7-9-26-10-8-25)11-23-17(22-2)24-12-15-5-3-4-6-16(15)27-18(19,20)21;/h3-6,14H,7-13H2,1-2H3,(H2,22,23,24);1H. The summed E-state index contributed by atoms with van der Waals surface area (Å²) in [7, 11) is 1.63. The minimum absolute atomic E-state index is 0. The maximum absolute atomic E-state index is 12.5. The number of rotatable bonds is 7. The molecule has 0 saturated carbocycles. The summed E-state index contributed by atoms with van der Waals surface area (Å²) < 4.78 is 46.9. The Kier molecular flexibility index (Phi) is 10.9. The van der Waals surface area contributed by atoms with Crippen LogP contribution in [0, 0.1) is 5.92 Å². The number of hydrogen-bond donors (Lipinski definition) is 2. The van der Waals surface area contributed by atoms with Gasteiger partial charge in [0.1, 0.15) is 5.75 Å². The molecule has 1 aromatic carbocycles. The number of ether oxygens (including phenoxy) is 2. The van der Waals surface area contributed by atoms with E-state index >= 15 is 0 Å². The van der Waals surface area contributed by atoms with Crippen molar-refractivity contribution in [2.45, 2.75) is 19.8 Å². The van der Waals surface area contributed by atoms with Crippen molar-refractivity contribution in [3.05, 3.63) is 29.8 Å². The number of nitrogens with one attached hydrogen (secondary N) is 2. The topological polar surface area (TPSA) is 58.1 Å². The number of nitrogens with zero attached hydrogens (tertiary/aromatic N) is 2. The lowest BCUT2D eigenvalue weighted by Gasteiger charge is -2.29. The first kappa shape index (κ1) is 24.8. The van der Waals surface area contributed by atoms with Crippen LogP contribution in [-0.4, -0.2) is 63.7 Å². The third-order valence-electron chi connectivity index (χ3n) is 4.16. The van der Waals surface area contributed by atoms with E-state index in [1.54, 1.807) is 19.2 Å². The maximum Gasteiger partial charge on any atom is 0.573 e. The van der Waals surface area contributed by atoms with Crippen LogP contribution in [0.3, 0.4) is 0 Å². The molecule has 1 heterocycles. The maximum atomic E-state index is 12.5. The molecule has 1 aliphatic rings. The summed E-state index contributed by atoms with van der Waals surface area (Å²) in [5.74, 6) is 0.710. The summed E-state index contributed by atoms with van der Waals surface area (Å²) in [6, 6.07) is 6.05. The number of morpholine rings is 1. The van der Waals surface area contributed by atoms with Crippen LogP contribution in [0.25, 0.3) is 0 Å². The Morgan fingerprint density at radius 1 is 1.25 bits per heavy atom. The fourth-order valence-electron chi connectivity index (χ4n) is 2.83. The van der Waals surface area contributed by atoms with Crippen LogP contribution >= 0.6 is 24.0 Å². The zero-order valence-corrected chi connectivity index (χ0v) is 18.4. The quantitative estimate of drug-likeness (QED) is 0.332. The Labute approximate surface area is 180 Å². The van der Waals surface area contributed by atoms with Crippen molar-refractivity contribution < 1.29 is 22.6 Å². The largest absolute Gasteiger partial charge is 0.573 e. The highest BCUT2D eigenvalue weighted by Gasteiger charge is 2.31. The lowest BCUT2D eigenvalue weighted by atomic mass is 10.1. The number of para-hydroxylation sites is 1. The monoisotopic (exact) mass is 516 g/mol. The molecule has 0 aromatic heterocycles. The molecule has 1 aromatic rings. The Hall–Kier alpha value is -1.27. The Bertz CT molecular complexity index is 611. The summed E-state index contributed by atoms with van der Waals surface area (Å²) in [5, 5.41) is 6.24. The molecule has 1 aliphatic heterocycles. The van der Waals surface area contributed by atoms with Crippen LogP contribution in [-0.2, 0) is 11.3 Å². The van der Waals surface area contributed by atoms with E-state index in [1.165, 1.54) is 12.1 Å². The molecule has 1 saturated heterocycles. The second-order valence-electron chi connectivity index (χ2n) is 6.48. The van der Waals surface area contributed by atoms with E-state index in [0.29, 0.717) is 24.0 Å². The fraction of sp³-hybridized carbons (Fsp3) is 0.611. The highest BCUT2D eigenvalue weighted by Crippen LogP contribution is 2.26. The Morgan fingerprint density at radius 3 is 2.57 bits per heavy atom. The number of benzene rings is 1. The van der Waals surface area contributed by atoms with Gasteiger partial charge in [-0.2, -0.15) is 0 Å². The van der Waals surface area contributed by atoms with Gasteiger partial charge in [-0.1, -0.05) is 25.1 Å². The van der Waals surface area contributed by atoms with E-state index in [0.717, 1.165) is 32.8 Å². The number of halogens is 4. The SMILES string of the molecule is CN=C(NCc1ccccc1OC(F)(F)F)NCC(C)CN1CCOCC1.I. The van der Waals surface area contributed by atoms with Crippen molar-refractivity contribution >= 4 is 29.9 Å². The average Bonchev–Trinajstić information content (AvgIpc) is 2.62. The fourth-order valence-corrected chi connectivity index (χ4v) is 2.83. The van der Waals surface area contributed by atoms with Gasteiger partial charge < -0.3 is 20.1 Å². The van der Waals surface area contributed by atoms with Crippen LogP contribution in [0.15, 0.2) is 29.3 Å². The molecule has 28 heavy (non-hydrogen) atoms. The third-order valence-corrected chi connectivity index (χ3v) is 4.16. The van der Waals surface area contributed by atoms with Gasteiger partial charge in [-0.15, -0.1) is 37.1 Å². The first-order chi connectivity index (χ1) is 12.9. The highest BCUT2D eigenvalue weighted by atomic mass is 127. The lowest BCUT2D eigenvalue weighted by Crippen LogP contribution is -2.43. The number of aliphatic imine (C=N–C) groups is 1. The van der Waals surface area contributed by atoms with Gasteiger partial charge in [0.2, 0.25) is 0 Å². The number of hydrogen-bond acceptors (Lipinski definition) is 4. The van der Waals surface area contributed by atoms with E-state index in [-0.39, 0.29) is 36.3 Å². The predicted molar refractivity (Wildman–Crippen MR) is 113 cm³/mol. The van der Waals surface area contributed by atoms with Gasteiger partial charge in [-0.3, -0.25) is 9.89 Å². The van der Waals surface area contributed by atoms with Gasteiger partial charge in [0.05, 0.1) is 13.2 Å². The number of alkyl halides is 3. The second kappa shape index (κ2) is 12.3. The van der Waals surface area contributed by atoms with E-state index in [1.807, 2.05) is 0 Å². The van der Waals surface area contributed by atoms with Crippen molar-refractivity contribution in [1.82, 2.24) is 15.5 Å². The van der Waals surface area contributed by atoms with E-state index < -0.39 is 6.36 Å². The van der Waals surface area contributed by atoms with Crippen molar-refractivity contribution in [3.8, 4) is 5.75 Å². The first-order valence-corrected chi connectivity index (χ1v) is 8.95. The molecule has 1 unspecified atom stereocenters. The molecule has 0 radical (unpaired) electrons. The van der Waals surface area contributed by atoms with Gasteiger partial charge in [0.15, 0.2) is 5.96 Å². The van der Waals surface area contributed by atoms with Crippen LogP contribution in [0.4, 0.5) is 13.2 Å². The van der Waals surface area contributed by atoms with Crippen molar-refractivity contribution in [3.63, 3.8) is 0 Å². The predicted octanol–water partition coefficient (Wildman–Crippen LogP) is 2.84. The van der Waals surface area contributed by atoms with Crippen molar-refractivity contribution in [2.75, 3.05) is 46.4 Å². The molecular formula is C18H28F3IN4O2. The van der Waals surface area contributed by atoms with Gasteiger partial charge in [0, 0.05) is 45.3 Å². The summed E-state index contributed by atoms with van der Waals surface area (Å²) in [6.07, 6.45) is -4.72. The lowest BCUT2D eigenvalue weighted by molar-refractivity contribution is -0.274. The molecule has 1 fully saturated rings. The van der Waals surface area contributed by atoms with Gasteiger partial charge in [0.25, 0.3) is 0 Å². The molecule has 2 N–H and O–H groups in total. The zero-order valence-electron chi connectivity index (χ0n) is 16.1. The normalized spacial score (nSPS) is 16.8. The van der Waals surface area contributed by atoms with Gasteiger partial charge in [-0.05, 0) is 12.0 Å². The summed E-state index contributed by atoms with van der Waals surface area (Å²) in [5.41, 5.74) is 0.402. The van der Waals surface area contributed by atoms with Gasteiger partial charge >= 0.3 is 6.36 Å². The minimum Gasteiger partial charge on any atom is -0.405 e. The molecule has 0 bridgehead atoms. The van der Waals surface area contributed by atoms with Crippen molar-refractivity contribution in [1.29, 1.82) is 0 Å². The van der Waals surface area contributed by atoms with E-state index in [4.69, 9.17) is 4.74 Å². The minimum atomic E-state index is -4.72. The van der Waals surface area contributed by atoms with Crippen LogP contribution in [0.1, 0.15) is 12.5 Å². The van der Waals surface area contributed by atoms with Crippen molar-refractivity contribution in [2.24, 2.45) is 10.9 Å². The molecule has 2 rings (SSSR count). The molecule has 1 atom stereocenters.